The molecule has 5 heteroatoms. The van der Waals surface area contributed by atoms with Crippen LogP contribution in [-0.2, 0) is 0 Å². The highest BCUT2D eigenvalue weighted by Crippen LogP contribution is 2.22. The van der Waals surface area contributed by atoms with Crippen LogP contribution in [0.5, 0.6) is 5.75 Å². The van der Waals surface area contributed by atoms with E-state index in [0.717, 1.165) is 17.5 Å². The van der Waals surface area contributed by atoms with Crippen molar-refractivity contribution in [3.05, 3.63) is 12.4 Å². The minimum Gasteiger partial charge on any atom is -0.487 e. The Morgan fingerprint density at radius 2 is 2.20 bits per heavy atom. The van der Waals surface area contributed by atoms with Crippen LogP contribution in [0.3, 0.4) is 0 Å². The zero-order valence-electron chi connectivity index (χ0n) is 8.43. The van der Waals surface area contributed by atoms with E-state index in [9.17, 15) is 4.79 Å². The summed E-state index contributed by atoms with van der Waals surface area (Å²) in [5, 5.41) is 12.3. The molecule has 0 aliphatic heterocycles. The quantitative estimate of drug-likeness (QED) is 0.812. The Balaban J connectivity index is 1.94. The fourth-order valence-corrected chi connectivity index (χ4v) is 1.85. The fraction of sp³-hybridized carbons (Fsp3) is 0.600. The van der Waals surface area contributed by atoms with Crippen LogP contribution in [0.15, 0.2) is 12.4 Å². The molecule has 0 unspecified atom stereocenters. The molecule has 1 aromatic heterocycles. The van der Waals surface area contributed by atoms with Gasteiger partial charge in [0.15, 0.2) is 5.75 Å². The average Bonchev–Trinajstić information content (AvgIpc) is 2.68. The number of carbonyl (C=O) groups is 1. The van der Waals surface area contributed by atoms with E-state index in [1.165, 1.54) is 31.7 Å². The van der Waals surface area contributed by atoms with E-state index in [2.05, 4.69) is 5.10 Å². The van der Waals surface area contributed by atoms with Gasteiger partial charge in [-0.05, 0) is 25.7 Å². The molecule has 82 valence electrons. The third-order valence-corrected chi connectivity index (χ3v) is 2.61. The molecule has 1 fully saturated rings. The number of nitrogens with zero attached hydrogens (tertiary/aromatic N) is 2. The SMILES string of the molecule is O=C(O)n1cc(OC2CCCCC2)cn1. The number of aromatic nitrogens is 2. The normalized spacial score (nSPS) is 17.6. The van der Waals surface area contributed by atoms with Gasteiger partial charge < -0.3 is 9.84 Å². The molecule has 0 bridgehead atoms. The monoisotopic (exact) mass is 210 g/mol. The molecule has 2 rings (SSSR count). The smallest absolute Gasteiger partial charge is 0.432 e. The van der Waals surface area contributed by atoms with Crippen LogP contribution in [0.2, 0.25) is 0 Å². The number of hydrogen-bond acceptors (Lipinski definition) is 3. The third kappa shape index (κ3) is 2.49. The molecule has 5 nitrogen and oxygen atoms in total. The van der Waals surface area contributed by atoms with Gasteiger partial charge in [0.25, 0.3) is 0 Å². The van der Waals surface area contributed by atoms with Gasteiger partial charge in [0.05, 0.1) is 18.5 Å². The van der Waals surface area contributed by atoms with E-state index in [1.807, 2.05) is 0 Å². The summed E-state index contributed by atoms with van der Waals surface area (Å²) in [6.07, 6.45) is 7.75. The molecule has 1 aliphatic carbocycles. The highest BCUT2D eigenvalue weighted by molar-refractivity contribution is 5.66. The van der Waals surface area contributed by atoms with Gasteiger partial charge in [-0.2, -0.15) is 9.78 Å². The molecule has 0 spiro atoms. The molecule has 1 aromatic rings. The Morgan fingerprint density at radius 3 is 2.80 bits per heavy atom. The van der Waals surface area contributed by atoms with Crippen molar-refractivity contribution >= 4 is 6.09 Å². The second-order valence-corrected chi connectivity index (χ2v) is 3.78. The Hall–Kier alpha value is -1.52. The van der Waals surface area contributed by atoms with Crippen molar-refractivity contribution in [1.29, 1.82) is 0 Å². The van der Waals surface area contributed by atoms with Gasteiger partial charge in [0.2, 0.25) is 0 Å². The van der Waals surface area contributed by atoms with Gasteiger partial charge in [0.1, 0.15) is 0 Å². The second-order valence-electron chi connectivity index (χ2n) is 3.78. The molecular weight excluding hydrogens is 196 g/mol. The molecular formula is C10H14N2O3. The topological polar surface area (TPSA) is 64.3 Å². The lowest BCUT2D eigenvalue weighted by atomic mass is 9.98. The molecule has 15 heavy (non-hydrogen) atoms. The van der Waals surface area contributed by atoms with Crippen molar-refractivity contribution in [3.63, 3.8) is 0 Å². The second kappa shape index (κ2) is 4.33. The molecule has 0 radical (unpaired) electrons. The molecule has 1 saturated carbocycles. The molecule has 1 N–H and O–H groups in total. The van der Waals surface area contributed by atoms with Gasteiger partial charge in [-0.15, -0.1) is 0 Å². The van der Waals surface area contributed by atoms with Crippen LogP contribution >= 0.6 is 0 Å². The van der Waals surface area contributed by atoms with Gasteiger partial charge in [0, 0.05) is 0 Å². The van der Waals surface area contributed by atoms with Gasteiger partial charge >= 0.3 is 6.09 Å². The van der Waals surface area contributed by atoms with Gasteiger partial charge in [-0.3, -0.25) is 0 Å². The Labute approximate surface area is 87.7 Å². The van der Waals surface area contributed by atoms with Crippen molar-refractivity contribution in [3.8, 4) is 5.75 Å². The van der Waals surface area contributed by atoms with E-state index in [-0.39, 0.29) is 6.10 Å². The lowest BCUT2D eigenvalue weighted by Gasteiger charge is -2.21. The maximum absolute atomic E-state index is 10.6. The first-order chi connectivity index (χ1) is 7.25. The number of carboxylic acid groups (broad SMARTS) is 1. The Bertz CT molecular complexity index is 342. The van der Waals surface area contributed by atoms with Crippen LogP contribution in [0.25, 0.3) is 0 Å². The predicted molar refractivity (Wildman–Crippen MR) is 53.2 cm³/mol. The maximum atomic E-state index is 10.6. The van der Waals surface area contributed by atoms with Crippen LogP contribution in [0.1, 0.15) is 32.1 Å². The van der Waals surface area contributed by atoms with Crippen molar-refractivity contribution in [1.82, 2.24) is 9.78 Å². The summed E-state index contributed by atoms with van der Waals surface area (Å²) in [5.74, 6) is 0.546. The minimum atomic E-state index is -1.09. The van der Waals surface area contributed by atoms with Crippen molar-refractivity contribution in [2.45, 2.75) is 38.2 Å². The van der Waals surface area contributed by atoms with Crippen LogP contribution in [0.4, 0.5) is 4.79 Å². The van der Waals surface area contributed by atoms with Crippen LogP contribution in [-0.4, -0.2) is 27.1 Å². The Morgan fingerprint density at radius 1 is 1.47 bits per heavy atom. The zero-order valence-corrected chi connectivity index (χ0v) is 8.43. The van der Waals surface area contributed by atoms with Gasteiger partial charge in [-0.25, -0.2) is 4.79 Å². The van der Waals surface area contributed by atoms with E-state index in [0.29, 0.717) is 5.75 Å². The molecule has 1 aliphatic rings. The maximum Gasteiger partial charge on any atom is 0.432 e. The Kier molecular flexibility index (Phi) is 2.89. The lowest BCUT2D eigenvalue weighted by Crippen LogP contribution is -2.19. The molecule has 0 aromatic carbocycles. The number of ether oxygens (including phenoxy) is 1. The lowest BCUT2D eigenvalue weighted by molar-refractivity contribution is 0.154. The highest BCUT2D eigenvalue weighted by Gasteiger charge is 2.16. The van der Waals surface area contributed by atoms with Crippen molar-refractivity contribution in [2.24, 2.45) is 0 Å². The summed E-state index contributed by atoms with van der Waals surface area (Å²) >= 11 is 0. The summed E-state index contributed by atoms with van der Waals surface area (Å²) in [5.41, 5.74) is 0. The van der Waals surface area contributed by atoms with E-state index in [1.54, 1.807) is 0 Å². The first-order valence-corrected chi connectivity index (χ1v) is 5.20. The molecule has 1 heterocycles. The van der Waals surface area contributed by atoms with E-state index in [4.69, 9.17) is 9.84 Å². The first-order valence-electron chi connectivity index (χ1n) is 5.20. The number of rotatable bonds is 2. The summed E-state index contributed by atoms with van der Waals surface area (Å²) < 4.78 is 6.50. The average molecular weight is 210 g/mol. The summed E-state index contributed by atoms with van der Waals surface area (Å²) in [6, 6.07) is 0. The van der Waals surface area contributed by atoms with E-state index >= 15 is 0 Å². The molecule has 0 amide bonds. The van der Waals surface area contributed by atoms with Gasteiger partial charge in [-0.1, -0.05) is 6.42 Å². The minimum absolute atomic E-state index is 0.227. The van der Waals surface area contributed by atoms with E-state index < -0.39 is 6.09 Å². The molecule has 0 saturated heterocycles. The third-order valence-electron chi connectivity index (χ3n) is 2.61. The largest absolute Gasteiger partial charge is 0.487 e. The first kappa shape index (κ1) is 10.0. The zero-order chi connectivity index (χ0) is 10.7. The highest BCUT2D eigenvalue weighted by atomic mass is 16.5. The number of hydrogen-bond donors (Lipinski definition) is 1. The standard InChI is InChI=1S/C10H14N2O3/c13-10(14)12-7-9(6-11-12)15-8-4-2-1-3-5-8/h6-8H,1-5H2,(H,13,14). The summed E-state index contributed by atoms with van der Waals surface area (Å²) in [4.78, 5) is 10.6. The summed E-state index contributed by atoms with van der Waals surface area (Å²) in [6.45, 7) is 0. The van der Waals surface area contributed by atoms with Crippen molar-refractivity contribution < 1.29 is 14.6 Å². The van der Waals surface area contributed by atoms with Crippen LogP contribution < -0.4 is 4.74 Å². The fourth-order valence-electron chi connectivity index (χ4n) is 1.85. The predicted octanol–water partition coefficient (Wildman–Crippen LogP) is 2.12. The summed E-state index contributed by atoms with van der Waals surface area (Å²) in [7, 11) is 0. The van der Waals surface area contributed by atoms with Crippen molar-refractivity contribution in [2.75, 3.05) is 0 Å². The van der Waals surface area contributed by atoms with Crippen LogP contribution in [0, 0.1) is 0 Å². The molecule has 0 atom stereocenters.